The largest absolute Gasteiger partial charge is 0.460 e. The third kappa shape index (κ3) is 11.7. The number of fused-ring (bicyclic) bond motifs is 2. The lowest BCUT2D eigenvalue weighted by Crippen LogP contribution is -2.29. The van der Waals surface area contributed by atoms with E-state index in [4.69, 9.17) is 23.7 Å². The topological polar surface area (TPSA) is 191 Å². The van der Waals surface area contributed by atoms with Crippen LogP contribution in [-0.2, 0) is 38.2 Å². The van der Waals surface area contributed by atoms with Crippen LogP contribution in [0.4, 0.5) is 11.4 Å². The van der Waals surface area contributed by atoms with Gasteiger partial charge in [-0.05, 0) is 45.0 Å². The molecule has 2 aliphatic rings. The number of carbonyl (C=O) groups excluding carboxylic acids is 6. The monoisotopic (exact) mass is 688 g/mol. The van der Waals surface area contributed by atoms with Crippen LogP contribution < -0.4 is 29.6 Å². The summed E-state index contributed by atoms with van der Waals surface area (Å²) in [5, 5.41) is 5.49. The molecule has 0 unspecified atom stereocenters. The lowest BCUT2D eigenvalue weighted by atomic mass is 9.95. The molecule has 2 amide bonds. The van der Waals surface area contributed by atoms with Gasteiger partial charge in [-0.25, -0.2) is 14.4 Å². The lowest BCUT2D eigenvalue weighted by Gasteiger charge is -2.19. The van der Waals surface area contributed by atoms with E-state index in [1.165, 1.54) is 6.07 Å². The van der Waals surface area contributed by atoms with Crippen molar-refractivity contribution in [3.63, 3.8) is 0 Å². The van der Waals surface area contributed by atoms with Gasteiger partial charge in [-0.15, -0.1) is 0 Å². The molecule has 2 heterocycles. The molecule has 0 saturated carbocycles. The van der Waals surface area contributed by atoms with Gasteiger partial charge in [0.05, 0.1) is 31.1 Å². The zero-order valence-electron chi connectivity index (χ0n) is 29.2. The van der Waals surface area contributed by atoms with Crippen LogP contribution in [0.2, 0.25) is 0 Å². The van der Waals surface area contributed by atoms with E-state index < -0.39 is 34.5 Å². The van der Waals surface area contributed by atoms with E-state index in [0.717, 1.165) is 5.69 Å². The summed E-state index contributed by atoms with van der Waals surface area (Å²) in [6.07, 6.45) is 0. The first-order chi connectivity index (χ1) is 22.9. The maximum atomic E-state index is 12.4. The summed E-state index contributed by atoms with van der Waals surface area (Å²) in [5.74, 6) is -2.21. The molecule has 0 fully saturated rings. The Balaban J connectivity index is 0.000000278. The third-order valence-corrected chi connectivity index (χ3v) is 6.19. The van der Waals surface area contributed by atoms with Gasteiger partial charge in [-0.2, -0.15) is 0 Å². The van der Waals surface area contributed by atoms with E-state index in [-0.39, 0.29) is 62.2 Å². The Kier molecular flexibility index (Phi) is 14.4. The predicted octanol–water partition coefficient (Wildman–Crippen LogP) is 4.66. The molecule has 0 spiro atoms. The average molecular weight is 689 g/mol. The number of hydrogen-bond donors (Lipinski definition) is 2. The van der Waals surface area contributed by atoms with Crippen LogP contribution in [0.15, 0.2) is 30.3 Å². The Morgan fingerprint density at radius 3 is 1.63 bits per heavy atom. The quantitative estimate of drug-likeness (QED) is 0.177. The highest BCUT2D eigenvalue weighted by Crippen LogP contribution is 2.40. The number of nitrogens with one attached hydrogen (secondary N) is 2. The second kappa shape index (κ2) is 17.7. The zero-order chi connectivity index (χ0) is 36.9. The number of Topliss-reactive ketones (excluding diaryl/α,β-unsaturated/α-hetero) is 1. The maximum Gasteiger partial charge on any atom is 0.417 e. The van der Waals surface area contributed by atoms with E-state index in [0.29, 0.717) is 17.2 Å². The van der Waals surface area contributed by atoms with E-state index in [1.54, 1.807) is 65.8 Å². The number of carbonyl (C=O) groups is 6. The van der Waals surface area contributed by atoms with Gasteiger partial charge in [0.1, 0.15) is 0 Å². The van der Waals surface area contributed by atoms with Crippen molar-refractivity contribution in [2.24, 2.45) is 10.8 Å². The smallest absolute Gasteiger partial charge is 0.417 e. The molecule has 49 heavy (non-hydrogen) atoms. The number of rotatable bonds is 7. The highest BCUT2D eigenvalue weighted by atomic mass is 16.7. The highest BCUT2D eigenvalue weighted by molar-refractivity contribution is 6.43. The van der Waals surface area contributed by atoms with Gasteiger partial charge in [0.25, 0.3) is 5.78 Å². The molecule has 0 saturated heterocycles. The van der Waals surface area contributed by atoms with E-state index in [1.807, 2.05) is 20.8 Å². The molecule has 2 aromatic rings. The van der Waals surface area contributed by atoms with Crippen molar-refractivity contribution in [3.05, 3.63) is 35.9 Å². The molecule has 0 atom stereocenters. The van der Waals surface area contributed by atoms with Crippen molar-refractivity contribution in [2.75, 3.05) is 44.0 Å². The van der Waals surface area contributed by atoms with Crippen molar-refractivity contribution < 1.29 is 61.9 Å². The molecule has 4 rings (SSSR count). The Hall–Kier alpha value is -5.34. The molecule has 0 aliphatic carbocycles. The van der Waals surface area contributed by atoms with Crippen molar-refractivity contribution in [1.82, 2.24) is 0 Å². The molecule has 2 aliphatic heterocycles. The average Bonchev–Trinajstić information content (AvgIpc) is 3.70. The highest BCUT2D eigenvalue weighted by Gasteiger charge is 2.32. The SMILES string of the molecule is CC(C)(C)C(=O)Nc1ccc2c(c1)OCO2.CCOC(=O)C(=O)OCC.CCOC(=O)C(=O)c1c(NC(=O)C(C)(C)C)ccc2c1OCO2. The van der Waals surface area contributed by atoms with Gasteiger partial charge in [0, 0.05) is 22.6 Å². The normalized spacial score (nSPS) is 12.2. The zero-order valence-corrected chi connectivity index (χ0v) is 29.2. The van der Waals surface area contributed by atoms with E-state index in [9.17, 15) is 28.8 Å². The first-order valence-corrected chi connectivity index (χ1v) is 15.4. The van der Waals surface area contributed by atoms with Gasteiger partial charge >= 0.3 is 17.9 Å². The predicted molar refractivity (Wildman–Crippen MR) is 176 cm³/mol. The van der Waals surface area contributed by atoms with Gasteiger partial charge in [0.2, 0.25) is 25.4 Å². The van der Waals surface area contributed by atoms with Crippen molar-refractivity contribution in [3.8, 4) is 23.0 Å². The first kappa shape index (κ1) is 39.8. The van der Waals surface area contributed by atoms with Crippen LogP contribution in [0.25, 0.3) is 0 Å². The lowest BCUT2D eigenvalue weighted by molar-refractivity contribution is -0.167. The maximum absolute atomic E-state index is 12.4. The minimum absolute atomic E-state index is 0.0219. The Morgan fingerprint density at radius 2 is 1.08 bits per heavy atom. The first-order valence-electron chi connectivity index (χ1n) is 15.4. The Bertz CT molecular complexity index is 1520. The fourth-order valence-electron chi connectivity index (χ4n) is 3.58. The number of amides is 2. The molecular weight excluding hydrogens is 644 g/mol. The van der Waals surface area contributed by atoms with Crippen LogP contribution in [0.5, 0.6) is 23.0 Å². The number of hydrogen-bond acceptors (Lipinski definition) is 13. The second-order valence-electron chi connectivity index (χ2n) is 12.2. The number of anilines is 2. The van der Waals surface area contributed by atoms with Gasteiger partial charge in [0.15, 0.2) is 23.0 Å². The fourth-order valence-corrected chi connectivity index (χ4v) is 3.58. The summed E-state index contributed by atoms with van der Waals surface area (Å²) < 4.78 is 34.4. The molecule has 2 N–H and O–H groups in total. The van der Waals surface area contributed by atoms with Crippen LogP contribution in [0.3, 0.4) is 0 Å². The van der Waals surface area contributed by atoms with Crippen LogP contribution in [-0.4, -0.2) is 68.9 Å². The molecule has 15 nitrogen and oxygen atoms in total. The molecule has 0 aromatic heterocycles. The molecule has 268 valence electrons. The van der Waals surface area contributed by atoms with Crippen LogP contribution in [0, 0.1) is 10.8 Å². The molecule has 2 aromatic carbocycles. The van der Waals surface area contributed by atoms with Crippen molar-refractivity contribution >= 4 is 46.9 Å². The minimum atomic E-state index is -1.01. The summed E-state index contributed by atoms with van der Waals surface area (Å²) >= 11 is 0. The number of benzene rings is 2. The molecule has 15 heteroatoms. The number of esters is 3. The van der Waals surface area contributed by atoms with E-state index >= 15 is 0 Å². The van der Waals surface area contributed by atoms with Gasteiger partial charge in [-0.1, -0.05) is 41.5 Å². The van der Waals surface area contributed by atoms with Gasteiger partial charge in [-0.3, -0.25) is 14.4 Å². The van der Waals surface area contributed by atoms with E-state index in [2.05, 4.69) is 20.1 Å². The van der Waals surface area contributed by atoms with Crippen molar-refractivity contribution in [2.45, 2.75) is 62.3 Å². The summed E-state index contributed by atoms with van der Waals surface area (Å²) in [5.41, 5.74) is -0.218. The number of ketones is 1. The summed E-state index contributed by atoms with van der Waals surface area (Å²) in [7, 11) is 0. The molecular formula is C34H44N2O13. The van der Waals surface area contributed by atoms with Crippen molar-refractivity contribution in [1.29, 1.82) is 0 Å². The van der Waals surface area contributed by atoms with Gasteiger partial charge < -0.3 is 43.8 Å². The summed E-state index contributed by atoms with van der Waals surface area (Å²) in [4.78, 5) is 69.0. The number of ether oxygens (including phenoxy) is 7. The second-order valence-corrected chi connectivity index (χ2v) is 12.2. The molecule has 0 bridgehead atoms. The van der Waals surface area contributed by atoms with Crippen LogP contribution in [0.1, 0.15) is 72.7 Å². The standard InChI is InChI=1S/C16H19NO6.C12H15NO3.C6H10O4/c1-5-21-14(19)12(18)11-9(17-15(20)16(2,3)4)6-7-10-13(11)23-8-22-10;1-12(2,3)11(14)13-8-4-5-9-10(6-8)16-7-15-9;1-3-9-5(7)6(8)10-4-2/h6-7H,5,8H2,1-4H3,(H,17,20);4-6H,7H2,1-3H3,(H,13,14);3-4H2,1-2H3. The third-order valence-electron chi connectivity index (χ3n) is 6.19. The Morgan fingerprint density at radius 1 is 0.612 bits per heavy atom. The minimum Gasteiger partial charge on any atom is -0.460 e. The summed E-state index contributed by atoms with van der Waals surface area (Å²) in [6.45, 7) is 16.3. The summed E-state index contributed by atoms with van der Waals surface area (Å²) in [6, 6.07) is 8.44. The fraction of sp³-hybridized carbons (Fsp3) is 0.471. The Labute approximate surface area is 284 Å². The molecule has 0 radical (unpaired) electrons. The van der Waals surface area contributed by atoms with Crippen LogP contribution >= 0.6 is 0 Å².